The number of nitrogens with two attached hydrogens (primary N) is 1. The third-order valence-corrected chi connectivity index (χ3v) is 3.73. The minimum Gasteiger partial charge on any atom is -0.379 e. The zero-order valence-corrected chi connectivity index (χ0v) is 12.5. The topological polar surface area (TPSA) is 91.8 Å². The first-order valence-corrected chi connectivity index (χ1v) is 6.83. The molecule has 0 bridgehead atoms. The van der Waals surface area contributed by atoms with E-state index in [1.165, 1.54) is 0 Å². The van der Waals surface area contributed by atoms with Crippen LogP contribution in [-0.2, 0) is 9.63 Å². The summed E-state index contributed by atoms with van der Waals surface area (Å²) in [6.07, 6.45) is 0.355. The molecule has 0 saturated carbocycles. The van der Waals surface area contributed by atoms with Gasteiger partial charge in [-0.1, -0.05) is 29.4 Å². The number of carbonyl (C=O) groups excluding carboxylic acids is 1. The monoisotopic (exact) mass is 288 g/mol. The van der Waals surface area contributed by atoms with Crippen molar-refractivity contribution in [1.82, 2.24) is 4.90 Å². The van der Waals surface area contributed by atoms with Crippen molar-refractivity contribution in [1.29, 1.82) is 5.41 Å². The average molecular weight is 288 g/mol. The summed E-state index contributed by atoms with van der Waals surface area (Å²) in [6.45, 7) is 4.41. The van der Waals surface area contributed by atoms with Crippen LogP contribution in [0.4, 0.5) is 0 Å². The molecule has 1 aromatic rings. The number of hydrogen-bond acceptors (Lipinski definition) is 4. The number of benzene rings is 1. The van der Waals surface area contributed by atoms with Crippen LogP contribution >= 0.6 is 0 Å². The highest BCUT2D eigenvalue weighted by Crippen LogP contribution is 2.26. The SMILES string of the molecule is CCN(C)C(=N)c1ccc(C2=NOC(C)(C(N)=O)C2)cc1. The number of primary amides is 1. The molecule has 1 amide bonds. The van der Waals surface area contributed by atoms with E-state index in [-0.39, 0.29) is 0 Å². The highest BCUT2D eigenvalue weighted by molar-refractivity contribution is 6.06. The molecule has 0 spiro atoms. The molecule has 112 valence electrons. The Labute approximate surface area is 124 Å². The lowest BCUT2D eigenvalue weighted by molar-refractivity contribution is -0.138. The standard InChI is InChI=1S/C15H20N4O2/c1-4-19(3)13(16)11-7-5-10(6-8-11)12-9-15(2,14(17)20)21-18-12/h5-8,16H,4,9H2,1-3H3,(H2,17,20). The second-order valence-electron chi connectivity index (χ2n) is 5.34. The van der Waals surface area contributed by atoms with Crippen LogP contribution in [0.3, 0.4) is 0 Å². The molecule has 21 heavy (non-hydrogen) atoms. The van der Waals surface area contributed by atoms with Crippen LogP contribution < -0.4 is 5.73 Å². The minimum absolute atomic E-state index is 0.355. The Morgan fingerprint density at radius 1 is 1.48 bits per heavy atom. The summed E-state index contributed by atoms with van der Waals surface area (Å²) in [5.41, 5.74) is 6.64. The second kappa shape index (κ2) is 5.55. The van der Waals surface area contributed by atoms with Crippen LogP contribution in [-0.4, -0.2) is 41.5 Å². The molecule has 0 radical (unpaired) electrons. The van der Waals surface area contributed by atoms with Gasteiger partial charge in [-0.2, -0.15) is 0 Å². The first-order chi connectivity index (χ1) is 9.87. The number of nitrogens with zero attached hydrogens (tertiary/aromatic N) is 2. The van der Waals surface area contributed by atoms with Crippen LogP contribution in [0.5, 0.6) is 0 Å². The van der Waals surface area contributed by atoms with E-state index in [1.54, 1.807) is 6.92 Å². The molecule has 2 rings (SSSR count). The number of hydrogen-bond donors (Lipinski definition) is 2. The number of amidine groups is 1. The van der Waals surface area contributed by atoms with E-state index in [0.717, 1.165) is 17.7 Å². The van der Waals surface area contributed by atoms with Gasteiger partial charge in [0.1, 0.15) is 5.84 Å². The summed E-state index contributed by atoms with van der Waals surface area (Å²) in [5, 5.41) is 12.0. The molecule has 1 unspecified atom stereocenters. The van der Waals surface area contributed by atoms with Gasteiger partial charge in [-0.3, -0.25) is 10.2 Å². The maximum atomic E-state index is 11.3. The Hall–Kier alpha value is -2.37. The first-order valence-electron chi connectivity index (χ1n) is 6.83. The van der Waals surface area contributed by atoms with Crippen molar-refractivity contribution in [2.75, 3.05) is 13.6 Å². The van der Waals surface area contributed by atoms with Crippen molar-refractivity contribution in [3.8, 4) is 0 Å². The van der Waals surface area contributed by atoms with Gasteiger partial charge in [0.15, 0.2) is 0 Å². The molecular formula is C15H20N4O2. The lowest BCUT2D eigenvalue weighted by Crippen LogP contribution is -2.41. The quantitative estimate of drug-likeness (QED) is 0.646. The number of carbonyl (C=O) groups is 1. The molecule has 0 aromatic heterocycles. The summed E-state index contributed by atoms with van der Waals surface area (Å²) in [7, 11) is 1.88. The van der Waals surface area contributed by atoms with Crippen molar-refractivity contribution in [2.45, 2.75) is 25.9 Å². The highest BCUT2D eigenvalue weighted by atomic mass is 16.7. The lowest BCUT2D eigenvalue weighted by Gasteiger charge is -2.18. The van der Waals surface area contributed by atoms with Crippen molar-refractivity contribution >= 4 is 17.5 Å². The normalized spacial score (nSPS) is 20.6. The Morgan fingerprint density at radius 3 is 2.57 bits per heavy atom. The van der Waals surface area contributed by atoms with Crippen molar-refractivity contribution in [3.63, 3.8) is 0 Å². The van der Waals surface area contributed by atoms with Crippen LogP contribution in [0.2, 0.25) is 0 Å². The van der Waals surface area contributed by atoms with Gasteiger partial charge < -0.3 is 15.5 Å². The van der Waals surface area contributed by atoms with Crippen molar-refractivity contribution in [2.24, 2.45) is 10.9 Å². The maximum absolute atomic E-state index is 11.3. The fourth-order valence-corrected chi connectivity index (χ4v) is 2.03. The van der Waals surface area contributed by atoms with E-state index in [2.05, 4.69) is 5.16 Å². The Morgan fingerprint density at radius 2 is 2.10 bits per heavy atom. The van der Waals surface area contributed by atoms with Crippen LogP contribution in [0.25, 0.3) is 0 Å². The number of amides is 1. The smallest absolute Gasteiger partial charge is 0.264 e. The van der Waals surface area contributed by atoms with E-state index >= 15 is 0 Å². The number of oxime groups is 1. The molecule has 0 saturated heterocycles. The predicted octanol–water partition coefficient (Wildman–Crippen LogP) is 1.33. The zero-order chi connectivity index (χ0) is 15.6. The molecular weight excluding hydrogens is 268 g/mol. The highest BCUT2D eigenvalue weighted by Gasteiger charge is 2.40. The molecule has 1 aromatic carbocycles. The van der Waals surface area contributed by atoms with Gasteiger partial charge in [0.05, 0.1) is 5.71 Å². The van der Waals surface area contributed by atoms with Gasteiger partial charge in [0.25, 0.3) is 5.91 Å². The minimum atomic E-state index is -1.07. The number of nitrogens with one attached hydrogen (secondary N) is 1. The molecule has 6 nitrogen and oxygen atoms in total. The molecule has 3 N–H and O–H groups in total. The molecule has 1 atom stereocenters. The summed E-state index contributed by atoms with van der Waals surface area (Å²) in [6, 6.07) is 7.49. The molecule has 1 aliphatic heterocycles. The molecule has 1 aliphatic rings. The Bertz CT molecular complexity index is 594. The third kappa shape index (κ3) is 2.89. The third-order valence-electron chi connectivity index (χ3n) is 3.73. The molecule has 6 heteroatoms. The largest absolute Gasteiger partial charge is 0.379 e. The van der Waals surface area contributed by atoms with Gasteiger partial charge in [0.2, 0.25) is 5.60 Å². The van der Waals surface area contributed by atoms with Crippen LogP contribution in [0, 0.1) is 5.41 Å². The van der Waals surface area contributed by atoms with Gasteiger partial charge in [0, 0.05) is 25.6 Å². The fraction of sp³-hybridized carbons (Fsp3) is 0.400. The average Bonchev–Trinajstić information content (AvgIpc) is 2.90. The van der Waals surface area contributed by atoms with E-state index in [4.69, 9.17) is 16.0 Å². The zero-order valence-electron chi connectivity index (χ0n) is 12.5. The van der Waals surface area contributed by atoms with E-state index in [1.807, 2.05) is 43.1 Å². The van der Waals surface area contributed by atoms with Crippen molar-refractivity contribution in [3.05, 3.63) is 35.4 Å². The molecule has 0 aliphatic carbocycles. The predicted molar refractivity (Wildman–Crippen MR) is 81.4 cm³/mol. The molecule has 1 heterocycles. The van der Waals surface area contributed by atoms with E-state index < -0.39 is 11.5 Å². The van der Waals surface area contributed by atoms with Gasteiger partial charge >= 0.3 is 0 Å². The summed E-state index contributed by atoms with van der Waals surface area (Å²) in [5.74, 6) is -0.0557. The summed E-state index contributed by atoms with van der Waals surface area (Å²) < 4.78 is 0. The summed E-state index contributed by atoms with van der Waals surface area (Å²) in [4.78, 5) is 18.4. The van der Waals surface area contributed by atoms with Gasteiger partial charge in [-0.25, -0.2) is 0 Å². The Balaban J connectivity index is 2.14. The van der Waals surface area contributed by atoms with E-state index in [0.29, 0.717) is 18.0 Å². The first kappa shape index (κ1) is 15.0. The lowest BCUT2D eigenvalue weighted by atomic mass is 9.95. The second-order valence-corrected chi connectivity index (χ2v) is 5.34. The van der Waals surface area contributed by atoms with Gasteiger partial charge in [-0.15, -0.1) is 0 Å². The van der Waals surface area contributed by atoms with Gasteiger partial charge in [-0.05, 0) is 19.4 Å². The summed E-state index contributed by atoms with van der Waals surface area (Å²) >= 11 is 0. The Kier molecular flexibility index (Phi) is 3.97. The fourth-order valence-electron chi connectivity index (χ4n) is 2.03. The maximum Gasteiger partial charge on any atom is 0.264 e. The molecule has 0 fully saturated rings. The van der Waals surface area contributed by atoms with Crippen LogP contribution in [0.15, 0.2) is 29.4 Å². The van der Waals surface area contributed by atoms with E-state index in [9.17, 15) is 4.79 Å². The van der Waals surface area contributed by atoms with Crippen LogP contribution in [0.1, 0.15) is 31.4 Å². The number of rotatable bonds is 4. The van der Waals surface area contributed by atoms with Crippen molar-refractivity contribution < 1.29 is 9.63 Å².